The van der Waals surface area contributed by atoms with E-state index in [4.69, 9.17) is 21.4 Å². The van der Waals surface area contributed by atoms with Crippen LogP contribution in [0.2, 0.25) is 5.02 Å². The molecule has 1 aromatic heterocycles. The maximum atomic E-state index is 13.0. The monoisotopic (exact) mass is 442 g/mol. The number of aromatic carboxylic acids is 1. The smallest absolute Gasteiger partial charge is 0.335 e. The third-order valence-corrected chi connectivity index (χ3v) is 4.70. The SMILES string of the molecule is C[C@@H](Cc1ccc(C(=O)O)cc1)NC(=O)c1cc(Cl)cnc1COc1ccc(F)cc1. The van der Waals surface area contributed by atoms with E-state index in [1.54, 1.807) is 12.1 Å². The Bertz CT molecular complexity index is 1070. The molecule has 160 valence electrons. The van der Waals surface area contributed by atoms with Crippen LogP contribution in [0.3, 0.4) is 0 Å². The maximum Gasteiger partial charge on any atom is 0.335 e. The number of carbonyl (C=O) groups is 2. The Morgan fingerprint density at radius 3 is 2.48 bits per heavy atom. The number of nitrogens with one attached hydrogen (secondary N) is 1. The van der Waals surface area contributed by atoms with Crippen molar-refractivity contribution in [1.82, 2.24) is 10.3 Å². The molecule has 3 rings (SSSR count). The highest BCUT2D eigenvalue weighted by molar-refractivity contribution is 6.30. The van der Waals surface area contributed by atoms with Crippen LogP contribution in [0.15, 0.2) is 60.8 Å². The van der Waals surface area contributed by atoms with E-state index in [1.807, 2.05) is 6.92 Å². The second kappa shape index (κ2) is 10.0. The molecule has 8 heteroatoms. The summed E-state index contributed by atoms with van der Waals surface area (Å²) < 4.78 is 18.6. The molecule has 0 fully saturated rings. The molecule has 0 aliphatic carbocycles. The molecular weight excluding hydrogens is 423 g/mol. The number of rotatable bonds is 8. The lowest BCUT2D eigenvalue weighted by Crippen LogP contribution is -2.35. The molecule has 6 nitrogen and oxygen atoms in total. The van der Waals surface area contributed by atoms with Crippen LogP contribution < -0.4 is 10.1 Å². The number of benzene rings is 2. The van der Waals surface area contributed by atoms with Crippen molar-refractivity contribution in [2.75, 3.05) is 0 Å². The fourth-order valence-corrected chi connectivity index (χ4v) is 3.11. The van der Waals surface area contributed by atoms with E-state index in [0.29, 0.717) is 22.9 Å². The molecule has 0 aliphatic heterocycles. The first-order valence-corrected chi connectivity index (χ1v) is 9.85. The molecular formula is C23H20ClFN2O4. The number of carboxylic acids is 1. The number of ether oxygens (including phenoxy) is 1. The van der Waals surface area contributed by atoms with Crippen LogP contribution in [0.25, 0.3) is 0 Å². The van der Waals surface area contributed by atoms with E-state index >= 15 is 0 Å². The Balaban J connectivity index is 1.66. The highest BCUT2D eigenvalue weighted by atomic mass is 35.5. The lowest BCUT2D eigenvalue weighted by Gasteiger charge is -2.16. The first-order valence-electron chi connectivity index (χ1n) is 9.47. The molecule has 1 atom stereocenters. The third kappa shape index (κ3) is 6.26. The van der Waals surface area contributed by atoms with Gasteiger partial charge in [0.25, 0.3) is 5.91 Å². The summed E-state index contributed by atoms with van der Waals surface area (Å²) >= 11 is 6.03. The summed E-state index contributed by atoms with van der Waals surface area (Å²) in [7, 11) is 0. The highest BCUT2D eigenvalue weighted by Crippen LogP contribution is 2.18. The van der Waals surface area contributed by atoms with Crippen molar-refractivity contribution in [2.24, 2.45) is 0 Å². The molecule has 31 heavy (non-hydrogen) atoms. The Hall–Kier alpha value is -3.45. The van der Waals surface area contributed by atoms with Crippen molar-refractivity contribution < 1.29 is 23.8 Å². The number of hydrogen-bond acceptors (Lipinski definition) is 4. The molecule has 2 N–H and O–H groups in total. The first kappa shape index (κ1) is 22.2. The number of hydrogen-bond donors (Lipinski definition) is 2. The second-order valence-corrected chi connectivity index (χ2v) is 7.41. The normalized spacial score (nSPS) is 11.6. The van der Waals surface area contributed by atoms with Crippen LogP contribution >= 0.6 is 11.6 Å². The summed E-state index contributed by atoms with van der Waals surface area (Å²) in [5.74, 6) is -1.27. The average Bonchev–Trinajstić information content (AvgIpc) is 2.74. The van der Waals surface area contributed by atoms with Gasteiger partial charge in [-0.2, -0.15) is 0 Å². The molecule has 0 saturated heterocycles. The Morgan fingerprint density at radius 2 is 1.84 bits per heavy atom. The lowest BCUT2D eigenvalue weighted by molar-refractivity contribution is 0.0696. The predicted octanol–water partition coefficient (Wildman–Crippen LogP) is 4.51. The average molecular weight is 443 g/mol. The standard InChI is InChI=1S/C23H20ClFN2O4/c1-14(10-15-2-4-16(5-3-15)23(29)30)27-22(28)20-11-17(24)12-26-21(20)13-31-19-8-6-18(25)7-9-19/h2-9,11-12,14H,10,13H2,1H3,(H,27,28)(H,29,30)/t14-/m0/s1. The predicted molar refractivity (Wildman–Crippen MR) is 114 cm³/mol. The van der Waals surface area contributed by atoms with Crippen molar-refractivity contribution in [1.29, 1.82) is 0 Å². The zero-order valence-corrected chi connectivity index (χ0v) is 17.4. The minimum absolute atomic E-state index is 0.0105. The first-order chi connectivity index (χ1) is 14.8. The molecule has 0 unspecified atom stereocenters. The van der Waals surface area contributed by atoms with Crippen LogP contribution in [0, 0.1) is 5.82 Å². The van der Waals surface area contributed by atoms with Crippen molar-refractivity contribution in [3.8, 4) is 5.75 Å². The highest BCUT2D eigenvalue weighted by Gasteiger charge is 2.17. The van der Waals surface area contributed by atoms with Crippen LogP contribution in [0.4, 0.5) is 4.39 Å². The van der Waals surface area contributed by atoms with Crippen LogP contribution in [0.1, 0.15) is 38.9 Å². The molecule has 1 heterocycles. The van der Waals surface area contributed by atoms with Crippen molar-refractivity contribution in [3.63, 3.8) is 0 Å². The minimum atomic E-state index is -0.989. The topological polar surface area (TPSA) is 88.5 Å². The van der Waals surface area contributed by atoms with Crippen molar-refractivity contribution >= 4 is 23.5 Å². The van der Waals surface area contributed by atoms with Gasteiger partial charge in [-0.05, 0) is 61.4 Å². The molecule has 0 saturated carbocycles. The number of amides is 1. The third-order valence-electron chi connectivity index (χ3n) is 4.49. The molecule has 0 spiro atoms. The molecule has 3 aromatic rings. The van der Waals surface area contributed by atoms with Gasteiger partial charge in [-0.1, -0.05) is 23.7 Å². The van der Waals surface area contributed by atoms with E-state index < -0.39 is 5.97 Å². The fraction of sp³-hybridized carbons (Fsp3) is 0.174. The zero-order valence-electron chi connectivity index (χ0n) is 16.6. The van der Waals surface area contributed by atoms with Gasteiger partial charge in [-0.15, -0.1) is 0 Å². The number of aromatic nitrogens is 1. The van der Waals surface area contributed by atoms with Gasteiger partial charge < -0.3 is 15.2 Å². The maximum absolute atomic E-state index is 13.0. The number of carboxylic acid groups (broad SMARTS) is 1. The summed E-state index contributed by atoms with van der Waals surface area (Å²) in [6.07, 6.45) is 1.94. The van der Waals surface area contributed by atoms with Gasteiger partial charge in [0.05, 0.1) is 21.8 Å². The summed E-state index contributed by atoms with van der Waals surface area (Å²) in [4.78, 5) is 28.0. The summed E-state index contributed by atoms with van der Waals surface area (Å²) in [5.41, 5.74) is 1.77. The van der Waals surface area contributed by atoms with Crippen molar-refractivity contribution in [2.45, 2.75) is 26.0 Å². The van der Waals surface area contributed by atoms with Crippen LogP contribution in [-0.4, -0.2) is 28.0 Å². The molecule has 0 bridgehead atoms. The van der Waals surface area contributed by atoms with Gasteiger partial charge in [0.1, 0.15) is 18.2 Å². The van der Waals surface area contributed by atoms with Crippen LogP contribution in [0.5, 0.6) is 5.75 Å². The summed E-state index contributed by atoms with van der Waals surface area (Å²) in [6.45, 7) is 1.85. The number of nitrogens with zero attached hydrogens (tertiary/aromatic N) is 1. The minimum Gasteiger partial charge on any atom is -0.487 e. The second-order valence-electron chi connectivity index (χ2n) is 6.97. The molecule has 1 amide bonds. The van der Waals surface area contributed by atoms with Crippen LogP contribution in [-0.2, 0) is 13.0 Å². The van der Waals surface area contributed by atoms with E-state index in [1.165, 1.54) is 48.7 Å². The van der Waals surface area contributed by atoms with Gasteiger partial charge in [-0.3, -0.25) is 9.78 Å². The molecule has 0 aliphatic rings. The quantitative estimate of drug-likeness (QED) is 0.535. The number of halogens is 2. The fourth-order valence-electron chi connectivity index (χ4n) is 2.95. The summed E-state index contributed by atoms with van der Waals surface area (Å²) in [5, 5.41) is 12.2. The van der Waals surface area contributed by atoms with Gasteiger partial charge in [0.15, 0.2) is 0 Å². The largest absolute Gasteiger partial charge is 0.487 e. The van der Waals surface area contributed by atoms with Gasteiger partial charge in [0.2, 0.25) is 0 Å². The Labute approximate surface area is 183 Å². The van der Waals surface area contributed by atoms with E-state index in [-0.39, 0.29) is 35.5 Å². The van der Waals surface area contributed by atoms with E-state index in [9.17, 15) is 14.0 Å². The van der Waals surface area contributed by atoms with Gasteiger partial charge in [-0.25, -0.2) is 9.18 Å². The van der Waals surface area contributed by atoms with Crippen molar-refractivity contribution in [3.05, 3.63) is 94.0 Å². The number of carbonyl (C=O) groups excluding carboxylic acids is 1. The molecule has 2 aromatic carbocycles. The Kier molecular flexibility index (Phi) is 7.20. The number of pyridine rings is 1. The Morgan fingerprint density at radius 1 is 1.16 bits per heavy atom. The van der Waals surface area contributed by atoms with E-state index in [2.05, 4.69) is 10.3 Å². The molecule has 0 radical (unpaired) electrons. The summed E-state index contributed by atoms with van der Waals surface area (Å²) in [6, 6.07) is 13.3. The van der Waals surface area contributed by atoms with Gasteiger partial charge in [0, 0.05) is 12.2 Å². The van der Waals surface area contributed by atoms with E-state index in [0.717, 1.165) is 5.56 Å². The lowest BCUT2D eigenvalue weighted by atomic mass is 10.0. The van der Waals surface area contributed by atoms with Gasteiger partial charge >= 0.3 is 5.97 Å². The zero-order chi connectivity index (χ0) is 22.4.